The highest BCUT2D eigenvalue weighted by Gasteiger charge is 2.25. The molecule has 1 saturated carbocycles. The molecule has 1 aliphatic carbocycles. The molecule has 1 fully saturated rings. The highest BCUT2D eigenvalue weighted by atomic mass is 16.3. The zero-order valence-electron chi connectivity index (χ0n) is 21.4. The average Bonchev–Trinajstić information content (AvgIpc) is 3.22. The number of carbonyl (C=O) groups is 1. The lowest BCUT2D eigenvalue weighted by atomic mass is 9.83. The van der Waals surface area contributed by atoms with Crippen LogP contribution in [0.25, 0.3) is 21.9 Å². The van der Waals surface area contributed by atoms with Crippen LogP contribution in [0.4, 0.5) is 11.8 Å². The summed E-state index contributed by atoms with van der Waals surface area (Å²) in [5, 5.41) is 15.1. The third kappa shape index (κ3) is 4.64. The third-order valence-corrected chi connectivity index (χ3v) is 7.94. The van der Waals surface area contributed by atoms with E-state index in [2.05, 4.69) is 26.8 Å². The Morgan fingerprint density at radius 3 is 2.78 bits per heavy atom. The Labute approximate surface area is 216 Å². The number of carbonyl (C=O) groups excluding carboxylic acids is 1. The molecule has 192 valence electrons. The van der Waals surface area contributed by atoms with Crippen LogP contribution in [0.3, 0.4) is 0 Å². The van der Waals surface area contributed by atoms with Crippen molar-refractivity contribution in [2.75, 3.05) is 11.9 Å². The van der Waals surface area contributed by atoms with Crippen LogP contribution < -0.4 is 5.32 Å². The van der Waals surface area contributed by atoms with Crippen LogP contribution in [0.1, 0.15) is 50.8 Å². The third-order valence-electron chi connectivity index (χ3n) is 7.94. The molecule has 9 nitrogen and oxygen atoms in total. The molecule has 4 aromatic heterocycles. The molecule has 4 aromatic rings. The van der Waals surface area contributed by atoms with Gasteiger partial charge >= 0.3 is 0 Å². The number of aliphatic hydroxyl groups excluding tert-OH is 1. The molecule has 37 heavy (non-hydrogen) atoms. The highest BCUT2D eigenvalue weighted by Crippen LogP contribution is 2.33. The number of nitrogens with one attached hydrogen (secondary N) is 1. The maximum atomic E-state index is 12.2. The molecule has 1 amide bonds. The van der Waals surface area contributed by atoms with Crippen LogP contribution in [0.2, 0.25) is 0 Å². The number of hydrogen-bond donors (Lipinski definition) is 2. The summed E-state index contributed by atoms with van der Waals surface area (Å²) >= 11 is 0. The number of hydrogen-bond acceptors (Lipinski definition) is 7. The van der Waals surface area contributed by atoms with E-state index in [1.807, 2.05) is 36.8 Å². The molecule has 0 saturated heterocycles. The van der Waals surface area contributed by atoms with Gasteiger partial charge in [-0.3, -0.25) is 9.78 Å². The van der Waals surface area contributed by atoms with Crippen molar-refractivity contribution in [2.24, 2.45) is 11.8 Å². The Hall–Kier alpha value is -3.59. The fourth-order valence-corrected chi connectivity index (χ4v) is 5.78. The number of pyridine rings is 2. The first-order valence-corrected chi connectivity index (χ1v) is 13.3. The van der Waals surface area contributed by atoms with Crippen molar-refractivity contribution in [1.82, 2.24) is 29.4 Å². The monoisotopic (exact) mass is 499 g/mol. The SMILES string of the molecule is CC1CCC(Cn2c3cnccc3c3cnc(Nc4ccc5c(n4)CCN(C(=O)[C@@H](C)O)C5)nc32)CC1. The lowest BCUT2D eigenvalue weighted by molar-refractivity contribution is -0.140. The second kappa shape index (κ2) is 9.70. The first-order valence-electron chi connectivity index (χ1n) is 13.3. The first kappa shape index (κ1) is 23.8. The number of amides is 1. The lowest BCUT2D eigenvalue weighted by Gasteiger charge is -2.29. The largest absolute Gasteiger partial charge is 0.384 e. The predicted octanol–water partition coefficient (Wildman–Crippen LogP) is 4.21. The predicted molar refractivity (Wildman–Crippen MR) is 142 cm³/mol. The molecule has 1 aliphatic heterocycles. The quantitative estimate of drug-likeness (QED) is 0.423. The molecule has 6 rings (SSSR count). The van der Waals surface area contributed by atoms with Gasteiger partial charge in [0.1, 0.15) is 17.6 Å². The van der Waals surface area contributed by atoms with Crippen LogP contribution in [0.5, 0.6) is 0 Å². The highest BCUT2D eigenvalue weighted by molar-refractivity contribution is 6.06. The number of aromatic nitrogens is 5. The minimum atomic E-state index is -0.990. The fourth-order valence-electron chi connectivity index (χ4n) is 5.78. The van der Waals surface area contributed by atoms with Crippen molar-refractivity contribution >= 4 is 39.6 Å². The number of aliphatic hydroxyl groups is 1. The summed E-state index contributed by atoms with van der Waals surface area (Å²) in [6.07, 6.45) is 10.4. The zero-order chi connectivity index (χ0) is 25.5. The van der Waals surface area contributed by atoms with Gasteiger partial charge in [-0.1, -0.05) is 25.8 Å². The van der Waals surface area contributed by atoms with Gasteiger partial charge < -0.3 is 19.9 Å². The molecule has 0 spiro atoms. The van der Waals surface area contributed by atoms with Gasteiger partial charge in [-0.2, -0.15) is 4.98 Å². The van der Waals surface area contributed by atoms with Gasteiger partial charge in [-0.05, 0) is 49.3 Å². The van der Waals surface area contributed by atoms with Crippen molar-refractivity contribution in [3.8, 4) is 0 Å². The van der Waals surface area contributed by atoms with E-state index in [4.69, 9.17) is 9.97 Å². The van der Waals surface area contributed by atoms with E-state index in [1.165, 1.54) is 32.6 Å². The maximum Gasteiger partial charge on any atom is 0.251 e. The molecule has 0 bridgehead atoms. The van der Waals surface area contributed by atoms with Crippen LogP contribution in [0, 0.1) is 11.8 Å². The van der Waals surface area contributed by atoms with E-state index < -0.39 is 6.10 Å². The lowest BCUT2D eigenvalue weighted by Crippen LogP contribution is -2.41. The van der Waals surface area contributed by atoms with E-state index >= 15 is 0 Å². The van der Waals surface area contributed by atoms with Gasteiger partial charge in [0, 0.05) is 54.9 Å². The maximum absolute atomic E-state index is 12.2. The molecule has 0 unspecified atom stereocenters. The second-order valence-electron chi connectivity index (χ2n) is 10.7. The van der Waals surface area contributed by atoms with Gasteiger partial charge in [0.25, 0.3) is 5.91 Å². The van der Waals surface area contributed by atoms with Crippen molar-refractivity contribution in [3.05, 3.63) is 48.0 Å². The zero-order valence-corrected chi connectivity index (χ0v) is 21.4. The first-order chi connectivity index (χ1) is 18.0. The average molecular weight is 500 g/mol. The number of anilines is 2. The molecule has 2 N–H and O–H groups in total. The Balaban J connectivity index is 1.28. The Morgan fingerprint density at radius 1 is 1.14 bits per heavy atom. The molecule has 0 aromatic carbocycles. The van der Waals surface area contributed by atoms with Crippen molar-refractivity contribution in [1.29, 1.82) is 0 Å². The molecule has 1 atom stereocenters. The van der Waals surface area contributed by atoms with Gasteiger partial charge in [0.15, 0.2) is 0 Å². The standard InChI is InChI=1S/C28H33N7O2/c1-17-3-5-19(6-4-17)15-35-24-14-29-11-9-21(24)22-13-30-28(33-26(22)35)32-25-8-7-20-16-34(27(37)18(2)36)12-10-23(20)31-25/h7-9,11,13-14,17-19,36H,3-6,10,12,15-16H2,1-2H3,(H,30,31,32,33)/t17?,18-,19?/m1/s1. The van der Waals surface area contributed by atoms with Gasteiger partial charge in [-0.15, -0.1) is 0 Å². The molecule has 9 heteroatoms. The van der Waals surface area contributed by atoms with Gasteiger partial charge in [0.2, 0.25) is 5.95 Å². The van der Waals surface area contributed by atoms with E-state index in [1.54, 1.807) is 4.90 Å². The van der Waals surface area contributed by atoms with E-state index in [0.717, 1.165) is 45.7 Å². The normalized spacial score (nSPS) is 20.7. The second-order valence-corrected chi connectivity index (χ2v) is 10.7. The summed E-state index contributed by atoms with van der Waals surface area (Å²) in [5.41, 5.74) is 3.97. The van der Waals surface area contributed by atoms with E-state index in [-0.39, 0.29) is 5.91 Å². The van der Waals surface area contributed by atoms with Crippen molar-refractivity contribution < 1.29 is 9.90 Å². The van der Waals surface area contributed by atoms with Crippen molar-refractivity contribution in [2.45, 2.75) is 65.1 Å². The van der Waals surface area contributed by atoms with Crippen LogP contribution in [-0.2, 0) is 24.3 Å². The molecule has 5 heterocycles. The van der Waals surface area contributed by atoms with Crippen LogP contribution >= 0.6 is 0 Å². The molecule has 0 radical (unpaired) electrons. The molecular formula is C28H33N7O2. The molecular weight excluding hydrogens is 466 g/mol. The van der Waals surface area contributed by atoms with E-state index in [9.17, 15) is 9.90 Å². The number of rotatable bonds is 5. The summed E-state index contributed by atoms with van der Waals surface area (Å²) < 4.78 is 2.32. The number of nitrogens with zero attached hydrogens (tertiary/aromatic N) is 6. The minimum Gasteiger partial charge on any atom is -0.384 e. The Kier molecular flexibility index (Phi) is 6.24. The summed E-state index contributed by atoms with van der Waals surface area (Å²) in [6, 6.07) is 5.92. The smallest absolute Gasteiger partial charge is 0.251 e. The fraction of sp³-hybridized carbons (Fsp3) is 0.464. The van der Waals surface area contributed by atoms with Gasteiger partial charge in [-0.25, -0.2) is 9.97 Å². The Bertz CT molecular complexity index is 1460. The Morgan fingerprint density at radius 2 is 1.97 bits per heavy atom. The summed E-state index contributed by atoms with van der Waals surface area (Å²) in [5.74, 6) is 2.40. The number of fused-ring (bicyclic) bond motifs is 4. The minimum absolute atomic E-state index is 0.247. The van der Waals surface area contributed by atoms with Gasteiger partial charge in [0.05, 0.1) is 11.7 Å². The van der Waals surface area contributed by atoms with Crippen LogP contribution in [0.15, 0.2) is 36.8 Å². The summed E-state index contributed by atoms with van der Waals surface area (Å²) in [7, 11) is 0. The van der Waals surface area contributed by atoms with Crippen LogP contribution in [-0.4, -0.2) is 53.1 Å². The van der Waals surface area contributed by atoms with Crippen molar-refractivity contribution in [3.63, 3.8) is 0 Å². The molecule has 2 aliphatic rings. The summed E-state index contributed by atoms with van der Waals surface area (Å²) in [6.45, 7) is 5.80. The topological polar surface area (TPSA) is 109 Å². The van der Waals surface area contributed by atoms with E-state index in [0.29, 0.717) is 37.2 Å². The summed E-state index contributed by atoms with van der Waals surface area (Å²) in [4.78, 5) is 32.6.